The van der Waals surface area contributed by atoms with E-state index in [-0.39, 0.29) is 11.2 Å². The van der Waals surface area contributed by atoms with Crippen LogP contribution in [0, 0.1) is 16.7 Å². The summed E-state index contributed by atoms with van der Waals surface area (Å²) >= 11 is 6.25. The van der Waals surface area contributed by atoms with Gasteiger partial charge in [-0.15, -0.1) is 0 Å². The molecule has 31 heavy (non-hydrogen) atoms. The molecule has 1 N–H and O–H groups in total. The molecule has 1 aromatic heterocycles. The minimum absolute atomic E-state index is 0.177. The molecule has 1 aromatic carbocycles. The number of carboxylic acid groups (broad SMARTS) is 1. The van der Waals surface area contributed by atoms with E-state index in [1.54, 1.807) is 18.5 Å². The van der Waals surface area contributed by atoms with Crippen LogP contribution >= 0.6 is 11.6 Å². The zero-order valence-electron chi connectivity index (χ0n) is 18.2. The van der Waals surface area contributed by atoms with Gasteiger partial charge < -0.3 is 14.9 Å². The number of hydrogen-bond donors (Lipinski definition) is 1. The van der Waals surface area contributed by atoms with Crippen LogP contribution in [0.5, 0.6) is 0 Å². The number of nitriles is 1. The van der Waals surface area contributed by atoms with E-state index in [4.69, 9.17) is 22.0 Å². The molecule has 2 aromatic rings. The van der Waals surface area contributed by atoms with Crippen molar-refractivity contribution < 1.29 is 9.90 Å². The monoisotopic (exact) mass is 441 g/mol. The Labute approximate surface area is 188 Å². The zero-order valence-corrected chi connectivity index (χ0v) is 18.9. The van der Waals surface area contributed by atoms with Crippen LogP contribution in [-0.2, 0) is 0 Å². The Bertz CT molecular complexity index is 965. The van der Waals surface area contributed by atoms with Gasteiger partial charge in [0.15, 0.2) is 0 Å². The van der Waals surface area contributed by atoms with E-state index < -0.39 is 5.97 Å². The third-order valence-electron chi connectivity index (χ3n) is 6.19. The SMILES string of the molecule is CC.CC1CC2(CCN(c3cnc(C(=O)O)nc3)CC2)CN1c1ccc(C#N)c(Cl)c1. The Kier molecular flexibility index (Phi) is 7.01. The third kappa shape index (κ3) is 4.75. The number of halogens is 1. The highest BCUT2D eigenvalue weighted by Crippen LogP contribution is 2.45. The van der Waals surface area contributed by atoms with Gasteiger partial charge >= 0.3 is 5.97 Å². The molecule has 2 saturated heterocycles. The van der Waals surface area contributed by atoms with Gasteiger partial charge in [0.1, 0.15) is 6.07 Å². The van der Waals surface area contributed by atoms with E-state index in [9.17, 15) is 4.79 Å². The Balaban J connectivity index is 0.00000132. The largest absolute Gasteiger partial charge is 0.475 e. The lowest BCUT2D eigenvalue weighted by Gasteiger charge is -2.40. The first-order valence-corrected chi connectivity index (χ1v) is 11.1. The number of carboxylic acids is 1. The van der Waals surface area contributed by atoms with Crippen molar-refractivity contribution in [1.82, 2.24) is 9.97 Å². The maximum Gasteiger partial charge on any atom is 0.373 e. The molecule has 1 atom stereocenters. The van der Waals surface area contributed by atoms with Crippen LogP contribution in [0.2, 0.25) is 5.02 Å². The summed E-state index contributed by atoms with van der Waals surface area (Å²) in [4.78, 5) is 23.4. The number of nitrogens with zero attached hydrogens (tertiary/aromatic N) is 5. The molecule has 2 aliphatic heterocycles. The summed E-state index contributed by atoms with van der Waals surface area (Å²) in [5.41, 5.74) is 2.68. The Morgan fingerprint density at radius 1 is 1.23 bits per heavy atom. The second kappa shape index (κ2) is 9.52. The highest BCUT2D eigenvalue weighted by molar-refractivity contribution is 6.32. The van der Waals surface area contributed by atoms with Gasteiger partial charge in [0.2, 0.25) is 5.82 Å². The normalized spacial score (nSPS) is 19.5. The van der Waals surface area contributed by atoms with Crippen LogP contribution < -0.4 is 9.80 Å². The number of hydrogen-bond acceptors (Lipinski definition) is 6. The summed E-state index contributed by atoms with van der Waals surface area (Å²) in [7, 11) is 0. The van der Waals surface area contributed by atoms with Crippen molar-refractivity contribution in [3.8, 4) is 6.07 Å². The molecular weight excluding hydrogens is 414 g/mol. The zero-order chi connectivity index (χ0) is 22.6. The highest BCUT2D eigenvalue weighted by Gasteiger charge is 2.44. The van der Waals surface area contributed by atoms with Gasteiger partial charge in [-0.05, 0) is 49.8 Å². The first kappa shape index (κ1) is 22.8. The first-order chi connectivity index (χ1) is 14.9. The van der Waals surface area contributed by atoms with Gasteiger partial charge in [-0.25, -0.2) is 14.8 Å². The summed E-state index contributed by atoms with van der Waals surface area (Å²) in [6.07, 6.45) is 6.41. The van der Waals surface area contributed by atoms with E-state index in [2.05, 4.69) is 32.8 Å². The van der Waals surface area contributed by atoms with Crippen molar-refractivity contribution >= 4 is 28.9 Å². The summed E-state index contributed by atoms with van der Waals surface area (Å²) in [5.74, 6) is -1.29. The molecule has 8 heteroatoms. The predicted octanol–water partition coefficient (Wildman–Crippen LogP) is 4.61. The van der Waals surface area contributed by atoms with Gasteiger partial charge in [0, 0.05) is 31.4 Å². The van der Waals surface area contributed by atoms with Crippen LogP contribution in [0.4, 0.5) is 11.4 Å². The summed E-state index contributed by atoms with van der Waals surface area (Å²) in [6.45, 7) is 9.00. The minimum atomic E-state index is -1.11. The molecule has 0 amide bonds. The number of rotatable bonds is 3. The van der Waals surface area contributed by atoms with Crippen molar-refractivity contribution in [2.45, 2.75) is 46.1 Å². The molecule has 2 aliphatic rings. The van der Waals surface area contributed by atoms with E-state index in [1.807, 2.05) is 26.0 Å². The minimum Gasteiger partial charge on any atom is -0.475 e. The fraction of sp³-hybridized carbons (Fsp3) is 0.478. The van der Waals surface area contributed by atoms with Crippen molar-refractivity contribution in [1.29, 1.82) is 5.26 Å². The second-order valence-electron chi connectivity index (χ2n) is 8.01. The molecule has 0 radical (unpaired) electrons. The predicted molar refractivity (Wildman–Crippen MR) is 122 cm³/mol. The first-order valence-electron chi connectivity index (χ1n) is 10.7. The molecule has 3 heterocycles. The lowest BCUT2D eigenvalue weighted by Crippen LogP contribution is -2.41. The maximum absolute atomic E-state index is 10.9. The van der Waals surface area contributed by atoms with Crippen LogP contribution in [0.1, 0.15) is 56.2 Å². The molecule has 2 fully saturated rings. The lowest BCUT2D eigenvalue weighted by atomic mass is 9.76. The summed E-state index contributed by atoms with van der Waals surface area (Å²) < 4.78 is 0. The summed E-state index contributed by atoms with van der Waals surface area (Å²) in [6, 6.07) is 8.19. The van der Waals surface area contributed by atoms with Crippen molar-refractivity contribution in [3.05, 3.63) is 47.0 Å². The van der Waals surface area contributed by atoms with Gasteiger partial charge in [-0.2, -0.15) is 5.26 Å². The molecule has 164 valence electrons. The number of piperidine rings is 1. The average Bonchev–Trinajstić information content (AvgIpc) is 3.11. The quantitative estimate of drug-likeness (QED) is 0.743. The number of anilines is 2. The van der Waals surface area contributed by atoms with Gasteiger partial charge in [0.25, 0.3) is 0 Å². The lowest BCUT2D eigenvalue weighted by molar-refractivity contribution is 0.0683. The Morgan fingerprint density at radius 2 is 1.87 bits per heavy atom. The third-order valence-corrected chi connectivity index (χ3v) is 6.50. The summed E-state index contributed by atoms with van der Waals surface area (Å²) in [5, 5.41) is 18.5. The number of aromatic nitrogens is 2. The van der Waals surface area contributed by atoms with E-state index in [0.29, 0.717) is 16.6 Å². The molecule has 1 unspecified atom stereocenters. The smallest absolute Gasteiger partial charge is 0.373 e. The van der Waals surface area contributed by atoms with Crippen LogP contribution in [0.3, 0.4) is 0 Å². The van der Waals surface area contributed by atoms with Crippen molar-refractivity contribution in [2.24, 2.45) is 5.41 Å². The van der Waals surface area contributed by atoms with E-state index in [0.717, 1.165) is 50.3 Å². The number of aromatic carboxylic acids is 1. The Hall–Kier alpha value is -2.85. The number of benzene rings is 1. The van der Waals surface area contributed by atoms with E-state index >= 15 is 0 Å². The average molecular weight is 442 g/mol. The molecule has 0 saturated carbocycles. The fourth-order valence-corrected chi connectivity index (χ4v) is 4.85. The van der Waals surface area contributed by atoms with Gasteiger partial charge in [0.05, 0.1) is 28.7 Å². The fourth-order valence-electron chi connectivity index (χ4n) is 4.63. The molecular formula is C23H28ClN5O2. The standard InChI is InChI=1S/C21H22ClN5O2.C2H6/c1-14-9-21(13-27(14)16-3-2-15(10-23)18(22)8-16)4-6-26(7-5-21)17-11-24-19(20(28)29)25-12-17;1-2/h2-3,8,11-12,14H,4-7,9,13H2,1H3,(H,28,29);1-2H3. The number of carbonyl (C=O) groups is 1. The highest BCUT2D eigenvalue weighted by atomic mass is 35.5. The maximum atomic E-state index is 10.9. The molecule has 4 rings (SSSR count). The second-order valence-corrected chi connectivity index (χ2v) is 8.42. The molecule has 0 aliphatic carbocycles. The Morgan fingerprint density at radius 3 is 2.42 bits per heavy atom. The van der Waals surface area contributed by atoms with Gasteiger partial charge in [-0.3, -0.25) is 0 Å². The molecule has 0 bridgehead atoms. The van der Waals surface area contributed by atoms with Crippen molar-refractivity contribution in [2.75, 3.05) is 29.4 Å². The van der Waals surface area contributed by atoms with E-state index in [1.165, 1.54) is 0 Å². The molecule has 1 spiro atoms. The van der Waals surface area contributed by atoms with Crippen LogP contribution in [0.25, 0.3) is 0 Å². The topological polar surface area (TPSA) is 93.3 Å². The molecule has 7 nitrogen and oxygen atoms in total. The van der Waals surface area contributed by atoms with Crippen LogP contribution in [0.15, 0.2) is 30.6 Å². The van der Waals surface area contributed by atoms with Crippen molar-refractivity contribution in [3.63, 3.8) is 0 Å². The van der Waals surface area contributed by atoms with Crippen LogP contribution in [-0.4, -0.2) is 46.7 Å². The van der Waals surface area contributed by atoms with Gasteiger partial charge in [-0.1, -0.05) is 25.4 Å².